The summed E-state index contributed by atoms with van der Waals surface area (Å²) in [5.74, 6) is 1.93. The molecule has 0 atom stereocenters. The first-order chi connectivity index (χ1) is 9.28. The molecule has 0 unspecified atom stereocenters. The SMILES string of the molecule is CCn1cc(OCc2nccc(OC)c2OC)cn1. The number of hydrogen-bond acceptors (Lipinski definition) is 5. The molecule has 0 amide bonds. The van der Waals surface area contributed by atoms with Crippen LogP contribution in [-0.4, -0.2) is 29.0 Å². The van der Waals surface area contributed by atoms with Gasteiger partial charge in [0.25, 0.3) is 0 Å². The fourth-order valence-electron chi connectivity index (χ4n) is 1.70. The summed E-state index contributed by atoms with van der Waals surface area (Å²) in [6.45, 7) is 3.13. The van der Waals surface area contributed by atoms with Gasteiger partial charge in [0.15, 0.2) is 17.2 Å². The van der Waals surface area contributed by atoms with Crippen molar-refractivity contribution < 1.29 is 14.2 Å². The van der Waals surface area contributed by atoms with Gasteiger partial charge < -0.3 is 14.2 Å². The topological polar surface area (TPSA) is 58.4 Å². The number of rotatable bonds is 6. The maximum Gasteiger partial charge on any atom is 0.185 e. The molecule has 0 bridgehead atoms. The average Bonchev–Trinajstić information content (AvgIpc) is 2.92. The van der Waals surface area contributed by atoms with Crippen LogP contribution in [0.3, 0.4) is 0 Å². The summed E-state index contributed by atoms with van der Waals surface area (Å²) in [4.78, 5) is 4.24. The summed E-state index contributed by atoms with van der Waals surface area (Å²) < 4.78 is 17.9. The lowest BCUT2D eigenvalue weighted by atomic mass is 10.3. The molecule has 0 N–H and O–H groups in total. The van der Waals surface area contributed by atoms with Gasteiger partial charge in [-0.15, -0.1) is 0 Å². The lowest BCUT2D eigenvalue weighted by Gasteiger charge is -2.11. The van der Waals surface area contributed by atoms with E-state index in [9.17, 15) is 0 Å². The highest BCUT2D eigenvalue weighted by atomic mass is 16.5. The van der Waals surface area contributed by atoms with Gasteiger partial charge in [-0.1, -0.05) is 0 Å². The second-order valence-corrected chi connectivity index (χ2v) is 3.81. The molecular formula is C13H17N3O3. The number of methoxy groups -OCH3 is 2. The molecular weight excluding hydrogens is 246 g/mol. The van der Waals surface area contributed by atoms with E-state index in [1.54, 1.807) is 37.4 Å². The predicted octanol–water partition coefficient (Wildman–Crippen LogP) is 1.89. The molecule has 0 fully saturated rings. The minimum Gasteiger partial charge on any atom is -0.493 e. The van der Waals surface area contributed by atoms with E-state index in [4.69, 9.17) is 14.2 Å². The number of ether oxygens (including phenoxy) is 3. The molecule has 0 saturated carbocycles. The van der Waals surface area contributed by atoms with Crippen molar-refractivity contribution in [2.75, 3.05) is 14.2 Å². The van der Waals surface area contributed by atoms with E-state index in [1.807, 2.05) is 13.1 Å². The lowest BCUT2D eigenvalue weighted by molar-refractivity contribution is 0.284. The quantitative estimate of drug-likeness (QED) is 0.796. The Labute approximate surface area is 111 Å². The van der Waals surface area contributed by atoms with Crippen molar-refractivity contribution in [3.8, 4) is 17.2 Å². The van der Waals surface area contributed by atoms with Crippen molar-refractivity contribution in [2.24, 2.45) is 0 Å². The standard InChI is InChI=1S/C13H17N3O3/c1-4-16-8-10(7-15-16)19-9-11-13(18-3)12(17-2)5-6-14-11/h5-8H,4,9H2,1-3H3. The smallest absolute Gasteiger partial charge is 0.185 e. The first-order valence-electron chi connectivity index (χ1n) is 5.99. The second-order valence-electron chi connectivity index (χ2n) is 3.81. The zero-order chi connectivity index (χ0) is 13.7. The van der Waals surface area contributed by atoms with Crippen molar-refractivity contribution in [3.63, 3.8) is 0 Å². The van der Waals surface area contributed by atoms with Gasteiger partial charge in [0, 0.05) is 18.8 Å². The van der Waals surface area contributed by atoms with Gasteiger partial charge in [0.1, 0.15) is 12.3 Å². The van der Waals surface area contributed by atoms with Crippen LogP contribution in [0.15, 0.2) is 24.7 Å². The molecule has 0 aromatic carbocycles. The third kappa shape index (κ3) is 2.96. The maximum atomic E-state index is 5.64. The molecule has 6 heteroatoms. The minimum absolute atomic E-state index is 0.301. The normalized spacial score (nSPS) is 10.3. The Bertz CT molecular complexity index is 540. The fourth-order valence-corrected chi connectivity index (χ4v) is 1.70. The summed E-state index contributed by atoms with van der Waals surface area (Å²) in [7, 11) is 3.17. The van der Waals surface area contributed by atoms with Crippen LogP contribution in [0.4, 0.5) is 0 Å². The third-order valence-corrected chi connectivity index (χ3v) is 2.68. The Hall–Kier alpha value is -2.24. The molecule has 6 nitrogen and oxygen atoms in total. The average molecular weight is 263 g/mol. The van der Waals surface area contributed by atoms with Gasteiger partial charge in [-0.05, 0) is 6.92 Å². The monoisotopic (exact) mass is 263 g/mol. The van der Waals surface area contributed by atoms with E-state index in [1.165, 1.54) is 0 Å². The molecule has 2 rings (SSSR count). The second kappa shape index (κ2) is 6.08. The highest BCUT2D eigenvalue weighted by Gasteiger charge is 2.11. The summed E-state index contributed by atoms with van der Waals surface area (Å²) in [6, 6.07) is 1.75. The van der Waals surface area contributed by atoms with Crippen LogP contribution >= 0.6 is 0 Å². The molecule has 0 radical (unpaired) electrons. The van der Waals surface area contributed by atoms with Gasteiger partial charge >= 0.3 is 0 Å². The largest absolute Gasteiger partial charge is 0.493 e. The van der Waals surface area contributed by atoms with Gasteiger partial charge in [-0.2, -0.15) is 5.10 Å². The zero-order valence-electron chi connectivity index (χ0n) is 11.3. The van der Waals surface area contributed by atoms with Crippen LogP contribution in [0.2, 0.25) is 0 Å². The van der Waals surface area contributed by atoms with Gasteiger partial charge in [0.05, 0.1) is 26.6 Å². The summed E-state index contributed by atoms with van der Waals surface area (Å²) in [6.07, 6.45) is 5.18. The zero-order valence-corrected chi connectivity index (χ0v) is 11.3. The van der Waals surface area contributed by atoms with Gasteiger partial charge in [-0.3, -0.25) is 9.67 Å². The first-order valence-corrected chi connectivity index (χ1v) is 5.99. The molecule has 0 aliphatic carbocycles. The fraction of sp³-hybridized carbons (Fsp3) is 0.385. The van der Waals surface area contributed by atoms with E-state index in [-0.39, 0.29) is 0 Å². The molecule has 0 aliphatic rings. The number of hydrogen-bond donors (Lipinski definition) is 0. The van der Waals surface area contributed by atoms with Crippen molar-refractivity contribution in [1.29, 1.82) is 0 Å². The number of nitrogens with zero attached hydrogens (tertiary/aromatic N) is 3. The molecule has 0 spiro atoms. The third-order valence-electron chi connectivity index (χ3n) is 2.68. The van der Waals surface area contributed by atoms with Crippen LogP contribution < -0.4 is 14.2 Å². The predicted molar refractivity (Wildman–Crippen MR) is 69.6 cm³/mol. The maximum absolute atomic E-state index is 5.64. The Morgan fingerprint density at radius 1 is 1.26 bits per heavy atom. The van der Waals surface area contributed by atoms with E-state index in [0.717, 1.165) is 6.54 Å². The highest BCUT2D eigenvalue weighted by molar-refractivity contribution is 5.42. The van der Waals surface area contributed by atoms with Gasteiger partial charge in [-0.25, -0.2) is 0 Å². The molecule has 2 aromatic heterocycles. The van der Waals surface area contributed by atoms with Gasteiger partial charge in [0.2, 0.25) is 0 Å². The Balaban J connectivity index is 2.10. The van der Waals surface area contributed by atoms with Crippen LogP contribution in [0.1, 0.15) is 12.6 Å². The van der Waals surface area contributed by atoms with E-state index >= 15 is 0 Å². The first kappa shape index (κ1) is 13.2. The lowest BCUT2D eigenvalue weighted by Crippen LogP contribution is -2.02. The summed E-state index contributed by atoms with van der Waals surface area (Å²) in [5.41, 5.74) is 0.686. The van der Waals surface area contributed by atoms with Crippen molar-refractivity contribution in [1.82, 2.24) is 14.8 Å². The van der Waals surface area contributed by atoms with Crippen molar-refractivity contribution in [3.05, 3.63) is 30.4 Å². The number of pyridine rings is 1. The highest BCUT2D eigenvalue weighted by Crippen LogP contribution is 2.29. The Morgan fingerprint density at radius 3 is 2.74 bits per heavy atom. The van der Waals surface area contributed by atoms with Crippen molar-refractivity contribution >= 4 is 0 Å². The number of aromatic nitrogens is 3. The van der Waals surface area contributed by atoms with Crippen LogP contribution in [0.25, 0.3) is 0 Å². The Morgan fingerprint density at radius 2 is 2.11 bits per heavy atom. The Kier molecular flexibility index (Phi) is 4.22. The minimum atomic E-state index is 0.301. The summed E-state index contributed by atoms with van der Waals surface area (Å²) >= 11 is 0. The molecule has 2 aromatic rings. The molecule has 0 saturated heterocycles. The summed E-state index contributed by atoms with van der Waals surface area (Å²) in [5, 5.41) is 4.14. The van der Waals surface area contributed by atoms with E-state index < -0.39 is 0 Å². The molecule has 2 heterocycles. The molecule has 19 heavy (non-hydrogen) atoms. The number of aryl methyl sites for hydroxylation is 1. The van der Waals surface area contributed by atoms with Crippen LogP contribution in [0.5, 0.6) is 17.2 Å². The van der Waals surface area contributed by atoms with Crippen molar-refractivity contribution in [2.45, 2.75) is 20.1 Å². The van der Waals surface area contributed by atoms with Crippen LogP contribution in [-0.2, 0) is 13.2 Å². The van der Waals surface area contributed by atoms with E-state index in [0.29, 0.717) is 29.5 Å². The molecule has 102 valence electrons. The van der Waals surface area contributed by atoms with E-state index in [2.05, 4.69) is 10.1 Å². The molecule has 0 aliphatic heterocycles. The van der Waals surface area contributed by atoms with Crippen LogP contribution in [0, 0.1) is 0 Å².